The molecule has 0 atom stereocenters. The van der Waals surface area contributed by atoms with Gasteiger partial charge < -0.3 is 9.47 Å². The van der Waals surface area contributed by atoms with Crippen molar-refractivity contribution < 1.29 is 19.1 Å². The minimum atomic E-state index is -1.41. The summed E-state index contributed by atoms with van der Waals surface area (Å²) < 4.78 is 10.2. The van der Waals surface area contributed by atoms with Gasteiger partial charge in [0.25, 0.3) is 0 Å². The predicted molar refractivity (Wildman–Crippen MR) is 78.7 cm³/mol. The second kappa shape index (κ2) is 10.8. The molecule has 0 unspecified atom stereocenters. The maximum absolute atomic E-state index is 11.9. The standard InChI is InChI=1S/C14H26O4Si/c1-5-7-9-17-13(15)11-12(19(3)4)14(16)18-10-8-6-2/h11,19H,5-10H2,1-4H3/b12-11-. The van der Waals surface area contributed by atoms with Crippen molar-refractivity contribution in [3.05, 3.63) is 11.3 Å². The summed E-state index contributed by atoms with van der Waals surface area (Å²) in [7, 11) is -1.41. The molecule has 19 heavy (non-hydrogen) atoms. The Morgan fingerprint density at radius 1 is 1.00 bits per heavy atom. The first-order chi connectivity index (χ1) is 9.02. The zero-order chi connectivity index (χ0) is 14.7. The molecule has 0 aliphatic heterocycles. The maximum atomic E-state index is 11.9. The van der Waals surface area contributed by atoms with Crippen LogP contribution >= 0.6 is 0 Å². The summed E-state index contributed by atoms with van der Waals surface area (Å²) in [5.74, 6) is -0.792. The highest BCUT2D eigenvalue weighted by molar-refractivity contribution is 6.70. The molecule has 0 amide bonds. The highest BCUT2D eigenvalue weighted by Gasteiger charge is 2.17. The normalized spacial score (nSPS) is 11.5. The van der Waals surface area contributed by atoms with Gasteiger partial charge in [-0.1, -0.05) is 39.8 Å². The lowest BCUT2D eigenvalue weighted by atomic mass is 10.3. The Bertz CT molecular complexity index is 311. The van der Waals surface area contributed by atoms with E-state index < -0.39 is 14.8 Å². The van der Waals surface area contributed by atoms with E-state index in [0.29, 0.717) is 18.4 Å². The number of rotatable bonds is 9. The molecule has 0 aliphatic carbocycles. The number of hydrogen-bond donors (Lipinski definition) is 0. The Labute approximate surface area is 117 Å². The van der Waals surface area contributed by atoms with Crippen molar-refractivity contribution in [3.8, 4) is 0 Å². The van der Waals surface area contributed by atoms with Crippen LogP contribution in [0, 0.1) is 0 Å². The number of unbranched alkanes of at least 4 members (excludes halogenated alkanes) is 2. The van der Waals surface area contributed by atoms with Gasteiger partial charge in [-0.2, -0.15) is 0 Å². The quantitative estimate of drug-likeness (QED) is 0.283. The molecule has 0 aromatic heterocycles. The van der Waals surface area contributed by atoms with E-state index in [9.17, 15) is 9.59 Å². The third-order valence-electron chi connectivity index (χ3n) is 2.60. The van der Waals surface area contributed by atoms with Crippen LogP contribution in [-0.2, 0) is 19.1 Å². The smallest absolute Gasteiger partial charge is 0.330 e. The Morgan fingerprint density at radius 2 is 1.53 bits per heavy atom. The number of carbonyl (C=O) groups excluding carboxylic acids is 2. The second-order valence-electron chi connectivity index (χ2n) is 4.76. The van der Waals surface area contributed by atoms with Gasteiger partial charge in [0.15, 0.2) is 0 Å². The number of esters is 2. The minimum absolute atomic E-state index is 0.359. The number of hydrogen-bond acceptors (Lipinski definition) is 4. The largest absolute Gasteiger partial charge is 0.463 e. The molecule has 0 aromatic carbocycles. The van der Waals surface area contributed by atoms with Crippen LogP contribution in [0.2, 0.25) is 13.1 Å². The summed E-state index contributed by atoms with van der Waals surface area (Å²) in [5.41, 5.74) is 0. The van der Waals surface area contributed by atoms with Crippen LogP contribution in [0.4, 0.5) is 0 Å². The summed E-state index contributed by atoms with van der Waals surface area (Å²) >= 11 is 0. The van der Waals surface area contributed by atoms with Gasteiger partial charge in [0, 0.05) is 11.3 Å². The first kappa shape index (κ1) is 17.9. The fraction of sp³-hybridized carbons (Fsp3) is 0.714. The van der Waals surface area contributed by atoms with Crippen LogP contribution < -0.4 is 0 Å². The highest BCUT2D eigenvalue weighted by atomic mass is 28.3. The van der Waals surface area contributed by atoms with Gasteiger partial charge in [-0.05, 0) is 12.8 Å². The fourth-order valence-electron chi connectivity index (χ4n) is 1.34. The molecular formula is C14H26O4Si. The van der Waals surface area contributed by atoms with Crippen molar-refractivity contribution in [3.63, 3.8) is 0 Å². The van der Waals surface area contributed by atoms with Crippen LogP contribution in [-0.4, -0.2) is 33.9 Å². The molecule has 0 bridgehead atoms. The molecule has 0 spiro atoms. The van der Waals surface area contributed by atoms with E-state index >= 15 is 0 Å². The average Bonchev–Trinajstić information content (AvgIpc) is 2.36. The molecule has 0 aliphatic rings. The molecule has 0 saturated heterocycles. The van der Waals surface area contributed by atoms with Gasteiger partial charge in [-0.25, -0.2) is 9.59 Å². The summed E-state index contributed by atoms with van der Waals surface area (Å²) in [6.45, 7) is 8.87. The first-order valence-corrected chi connectivity index (χ1v) is 9.97. The third kappa shape index (κ3) is 8.59. The number of carbonyl (C=O) groups is 2. The summed E-state index contributed by atoms with van der Waals surface area (Å²) in [4.78, 5) is 23.4. The van der Waals surface area contributed by atoms with Crippen LogP contribution in [0.5, 0.6) is 0 Å². The van der Waals surface area contributed by atoms with Crippen LogP contribution in [0.1, 0.15) is 39.5 Å². The summed E-state index contributed by atoms with van der Waals surface area (Å²) in [6.07, 6.45) is 4.96. The van der Waals surface area contributed by atoms with E-state index in [2.05, 4.69) is 0 Å². The Morgan fingerprint density at radius 3 is 2.00 bits per heavy atom. The van der Waals surface area contributed by atoms with E-state index in [1.54, 1.807) is 0 Å². The van der Waals surface area contributed by atoms with Gasteiger partial charge in [-0.3, -0.25) is 0 Å². The molecule has 0 fully saturated rings. The lowest BCUT2D eigenvalue weighted by molar-refractivity contribution is -0.141. The van der Waals surface area contributed by atoms with Crippen molar-refractivity contribution in [1.29, 1.82) is 0 Å². The molecule has 5 heteroatoms. The predicted octanol–water partition coefficient (Wildman–Crippen LogP) is 2.63. The van der Waals surface area contributed by atoms with E-state index in [1.807, 2.05) is 26.9 Å². The van der Waals surface area contributed by atoms with Crippen molar-refractivity contribution in [2.75, 3.05) is 13.2 Å². The Hall–Kier alpha value is -1.10. The fourth-order valence-corrected chi connectivity index (χ4v) is 2.36. The van der Waals surface area contributed by atoms with Crippen molar-refractivity contribution >= 4 is 20.7 Å². The first-order valence-electron chi connectivity index (χ1n) is 7.08. The Kier molecular flexibility index (Phi) is 10.2. The van der Waals surface area contributed by atoms with Crippen molar-refractivity contribution in [2.24, 2.45) is 0 Å². The monoisotopic (exact) mass is 286 g/mol. The highest BCUT2D eigenvalue weighted by Crippen LogP contribution is 2.06. The molecule has 4 nitrogen and oxygen atoms in total. The van der Waals surface area contributed by atoms with E-state index in [4.69, 9.17) is 9.47 Å². The second-order valence-corrected chi connectivity index (χ2v) is 7.70. The molecule has 0 heterocycles. The molecule has 0 aromatic rings. The minimum Gasteiger partial charge on any atom is -0.463 e. The van der Waals surface area contributed by atoms with E-state index in [0.717, 1.165) is 25.7 Å². The van der Waals surface area contributed by atoms with E-state index in [-0.39, 0.29) is 5.97 Å². The zero-order valence-corrected chi connectivity index (χ0v) is 13.7. The molecule has 110 valence electrons. The molecule has 0 rings (SSSR count). The molecule has 0 radical (unpaired) electrons. The molecule has 0 saturated carbocycles. The van der Waals surface area contributed by atoms with E-state index in [1.165, 1.54) is 6.08 Å². The van der Waals surface area contributed by atoms with Crippen LogP contribution in [0.3, 0.4) is 0 Å². The number of ether oxygens (including phenoxy) is 2. The lowest BCUT2D eigenvalue weighted by Gasteiger charge is -2.10. The topological polar surface area (TPSA) is 52.6 Å². The Balaban J connectivity index is 4.44. The summed E-state index contributed by atoms with van der Waals surface area (Å²) in [5, 5.41) is 0.512. The van der Waals surface area contributed by atoms with Gasteiger partial charge in [0.1, 0.15) is 0 Å². The van der Waals surface area contributed by atoms with Gasteiger partial charge in [0.05, 0.1) is 22.0 Å². The zero-order valence-electron chi connectivity index (χ0n) is 12.5. The maximum Gasteiger partial charge on any atom is 0.330 e. The SMILES string of the molecule is CCCCOC(=O)/C=C(/C(=O)OCCCC)[SiH](C)C. The summed E-state index contributed by atoms with van der Waals surface area (Å²) in [6, 6.07) is 0. The molecular weight excluding hydrogens is 260 g/mol. The van der Waals surface area contributed by atoms with Gasteiger partial charge in [-0.15, -0.1) is 0 Å². The molecule has 0 N–H and O–H groups in total. The van der Waals surface area contributed by atoms with Crippen molar-refractivity contribution in [1.82, 2.24) is 0 Å². The van der Waals surface area contributed by atoms with Crippen LogP contribution in [0.25, 0.3) is 0 Å². The van der Waals surface area contributed by atoms with Gasteiger partial charge >= 0.3 is 11.9 Å². The third-order valence-corrected chi connectivity index (χ3v) is 4.25. The van der Waals surface area contributed by atoms with Crippen molar-refractivity contribution in [2.45, 2.75) is 52.6 Å². The lowest BCUT2D eigenvalue weighted by Crippen LogP contribution is -2.21. The van der Waals surface area contributed by atoms with Gasteiger partial charge in [0.2, 0.25) is 0 Å². The average molecular weight is 286 g/mol. The van der Waals surface area contributed by atoms with Crippen LogP contribution in [0.15, 0.2) is 11.3 Å².